The molecule has 15 heteroatoms. The van der Waals surface area contributed by atoms with Crippen LogP contribution in [0.4, 0.5) is 23.2 Å². The first-order valence-corrected chi connectivity index (χ1v) is 10.8. The van der Waals surface area contributed by atoms with E-state index in [4.69, 9.17) is 11.6 Å². The Bertz CT molecular complexity index is 1070. The summed E-state index contributed by atoms with van der Waals surface area (Å²) in [5.74, 6) is -4.23. The SMILES string of the molecule is CC(C)N(C)S(=O)(=O)NC(=O)c1cc(N(C=O)C(=O)/C=C(\N(C)C)C(F)(F)F)c(F)cc1Cl. The molecule has 1 rings (SSSR count). The largest absolute Gasteiger partial charge is 0.431 e. The van der Waals surface area contributed by atoms with Crippen molar-refractivity contribution in [2.75, 3.05) is 26.0 Å². The third-order valence-electron chi connectivity index (χ3n) is 4.24. The molecule has 0 aliphatic rings. The number of hydrogen-bond donors (Lipinski definition) is 1. The Morgan fingerprint density at radius 1 is 1.15 bits per heavy atom. The maximum absolute atomic E-state index is 14.4. The number of nitrogens with zero attached hydrogens (tertiary/aromatic N) is 3. The Morgan fingerprint density at radius 3 is 2.12 bits per heavy atom. The van der Waals surface area contributed by atoms with E-state index in [0.29, 0.717) is 17.0 Å². The van der Waals surface area contributed by atoms with E-state index in [1.807, 2.05) is 0 Å². The molecule has 0 fully saturated rings. The van der Waals surface area contributed by atoms with Crippen molar-refractivity contribution >= 4 is 45.7 Å². The summed E-state index contributed by atoms with van der Waals surface area (Å²) in [6, 6.07) is 0.541. The molecule has 1 N–H and O–H groups in total. The highest BCUT2D eigenvalue weighted by Gasteiger charge is 2.37. The van der Waals surface area contributed by atoms with E-state index in [1.165, 1.54) is 20.9 Å². The van der Waals surface area contributed by atoms with E-state index in [-0.39, 0.29) is 17.4 Å². The van der Waals surface area contributed by atoms with Gasteiger partial charge >= 0.3 is 16.4 Å². The Balaban J connectivity index is 3.48. The second-order valence-corrected chi connectivity index (χ2v) is 9.20. The van der Waals surface area contributed by atoms with Gasteiger partial charge in [-0.05, 0) is 26.0 Å². The van der Waals surface area contributed by atoms with Crippen molar-refractivity contribution in [3.63, 3.8) is 0 Å². The summed E-state index contributed by atoms with van der Waals surface area (Å²) in [7, 11) is -1.16. The second-order valence-electron chi connectivity index (χ2n) is 7.07. The zero-order valence-corrected chi connectivity index (χ0v) is 19.6. The second kappa shape index (κ2) is 10.5. The molecule has 0 unspecified atom stereocenters. The number of amides is 3. The molecule has 0 aliphatic carbocycles. The Kier molecular flexibility index (Phi) is 9.00. The number of anilines is 1. The lowest BCUT2D eigenvalue weighted by molar-refractivity contribution is -0.121. The van der Waals surface area contributed by atoms with Gasteiger partial charge in [0.2, 0.25) is 6.41 Å². The van der Waals surface area contributed by atoms with Crippen LogP contribution in [0.15, 0.2) is 23.9 Å². The lowest BCUT2D eigenvalue weighted by atomic mass is 10.1. The van der Waals surface area contributed by atoms with Gasteiger partial charge in [-0.3, -0.25) is 14.4 Å². The first kappa shape index (κ1) is 28.3. The highest BCUT2D eigenvalue weighted by molar-refractivity contribution is 7.87. The van der Waals surface area contributed by atoms with Crippen molar-refractivity contribution in [1.29, 1.82) is 0 Å². The van der Waals surface area contributed by atoms with Gasteiger partial charge in [0.15, 0.2) is 0 Å². The van der Waals surface area contributed by atoms with Crippen molar-refractivity contribution in [3.05, 3.63) is 40.3 Å². The number of halogens is 5. The van der Waals surface area contributed by atoms with Crippen LogP contribution in [0.1, 0.15) is 24.2 Å². The molecule has 1 aromatic rings. The van der Waals surface area contributed by atoms with Crippen LogP contribution in [0.2, 0.25) is 5.02 Å². The molecular weight excluding hydrogens is 496 g/mol. The van der Waals surface area contributed by atoms with Crippen LogP contribution in [-0.2, 0) is 19.8 Å². The van der Waals surface area contributed by atoms with Gasteiger partial charge in [0.1, 0.15) is 11.5 Å². The number of carbonyl (C=O) groups is 3. The molecule has 0 spiro atoms. The fraction of sp³-hybridized carbons (Fsp3) is 0.389. The highest BCUT2D eigenvalue weighted by atomic mass is 35.5. The van der Waals surface area contributed by atoms with E-state index in [2.05, 4.69) is 0 Å². The van der Waals surface area contributed by atoms with Crippen molar-refractivity contribution in [3.8, 4) is 0 Å². The van der Waals surface area contributed by atoms with Crippen LogP contribution in [0, 0.1) is 5.82 Å². The van der Waals surface area contributed by atoms with Crippen molar-refractivity contribution in [2.24, 2.45) is 0 Å². The summed E-state index contributed by atoms with van der Waals surface area (Å²) in [6.07, 6.45) is -5.17. The number of rotatable bonds is 8. The number of allylic oxidation sites excluding steroid dienone is 1. The van der Waals surface area contributed by atoms with Crippen LogP contribution >= 0.6 is 11.6 Å². The normalized spacial score (nSPS) is 12.7. The zero-order chi connectivity index (χ0) is 25.9. The molecule has 0 saturated carbocycles. The van der Waals surface area contributed by atoms with Gasteiger partial charge in [0.25, 0.3) is 11.8 Å². The molecule has 0 aromatic heterocycles. The molecule has 184 valence electrons. The fourth-order valence-corrected chi connectivity index (χ4v) is 3.58. The molecule has 3 amide bonds. The summed E-state index contributed by atoms with van der Waals surface area (Å²) in [5.41, 5.74) is -3.01. The van der Waals surface area contributed by atoms with Crippen LogP contribution in [-0.4, -0.2) is 69.2 Å². The first-order valence-electron chi connectivity index (χ1n) is 8.97. The fourth-order valence-electron chi connectivity index (χ4n) is 2.30. The maximum atomic E-state index is 14.4. The van der Waals surface area contributed by atoms with E-state index in [1.54, 1.807) is 4.72 Å². The predicted molar refractivity (Wildman–Crippen MR) is 112 cm³/mol. The molecule has 0 aliphatic heterocycles. The monoisotopic (exact) mass is 516 g/mol. The van der Waals surface area contributed by atoms with E-state index >= 15 is 0 Å². The van der Waals surface area contributed by atoms with E-state index < -0.39 is 62.0 Å². The molecule has 0 bridgehead atoms. The minimum absolute atomic E-state index is 0.0214. The summed E-state index contributed by atoms with van der Waals surface area (Å²) in [5, 5.41) is -0.575. The van der Waals surface area contributed by atoms with Crippen molar-refractivity contribution in [1.82, 2.24) is 13.9 Å². The van der Waals surface area contributed by atoms with Crippen LogP contribution < -0.4 is 9.62 Å². The summed E-state index contributed by atoms with van der Waals surface area (Å²) >= 11 is 5.81. The van der Waals surface area contributed by atoms with Crippen LogP contribution in [0.5, 0.6) is 0 Å². The molecule has 0 saturated heterocycles. The minimum atomic E-state index is -4.96. The average Bonchev–Trinajstić information content (AvgIpc) is 2.65. The van der Waals surface area contributed by atoms with Gasteiger partial charge in [0, 0.05) is 33.3 Å². The van der Waals surface area contributed by atoms with Crippen LogP contribution in [0.3, 0.4) is 0 Å². The molecule has 0 radical (unpaired) electrons. The number of hydrogen-bond acceptors (Lipinski definition) is 6. The third-order valence-corrected chi connectivity index (χ3v) is 6.18. The van der Waals surface area contributed by atoms with E-state index in [9.17, 15) is 40.4 Å². The first-order chi connectivity index (χ1) is 14.9. The quantitative estimate of drug-likeness (QED) is 0.323. The number of nitrogens with one attached hydrogen (secondary N) is 1. The standard InChI is InChI=1S/C18H21ClF4N4O5S/c1-10(2)26(5)33(31,32)24-17(30)11-6-14(13(20)7-12(11)19)27(9-28)16(29)8-15(25(3)4)18(21,22)23/h6-10H,1-5H3,(H,24,30)/b15-8-. The smallest absolute Gasteiger partial charge is 0.373 e. The summed E-state index contributed by atoms with van der Waals surface area (Å²) in [4.78, 5) is 36.8. The topological polar surface area (TPSA) is 107 Å². The lowest BCUT2D eigenvalue weighted by Crippen LogP contribution is -2.44. The van der Waals surface area contributed by atoms with Crippen molar-refractivity contribution in [2.45, 2.75) is 26.1 Å². The summed E-state index contributed by atoms with van der Waals surface area (Å²) < 4.78 is 80.7. The minimum Gasteiger partial charge on any atom is -0.373 e. The van der Waals surface area contributed by atoms with Gasteiger partial charge in [-0.2, -0.15) is 25.9 Å². The van der Waals surface area contributed by atoms with Gasteiger partial charge in [-0.15, -0.1) is 0 Å². The molecule has 1 aromatic carbocycles. The third kappa shape index (κ3) is 6.88. The van der Waals surface area contributed by atoms with E-state index in [0.717, 1.165) is 18.4 Å². The molecule has 0 heterocycles. The Morgan fingerprint density at radius 2 is 1.70 bits per heavy atom. The molecule has 9 nitrogen and oxygen atoms in total. The highest BCUT2D eigenvalue weighted by Crippen LogP contribution is 2.30. The average molecular weight is 517 g/mol. The number of benzene rings is 1. The van der Waals surface area contributed by atoms with Gasteiger partial charge < -0.3 is 4.90 Å². The number of carbonyl (C=O) groups excluding carboxylic acids is 3. The van der Waals surface area contributed by atoms with Gasteiger partial charge in [-0.25, -0.2) is 14.0 Å². The molecule has 33 heavy (non-hydrogen) atoms. The van der Waals surface area contributed by atoms with Gasteiger partial charge in [0.05, 0.1) is 16.3 Å². The van der Waals surface area contributed by atoms with Crippen LogP contribution in [0.25, 0.3) is 0 Å². The number of alkyl halides is 3. The number of imide groups is 1. The zero-order valence-electron chi connectivity index (χ0n) is 18.1. The molecular formula is C18H21ClF4N4O5S. The lowest BCUT2D eigenvalue weighted by Gasteiger charge is -2.22. The Labute approximate surface area is 192 Å². The predicted octanol–water partition coefficient (Wildman–Crippen LogP) is 2.29. The summed E-state index contributed by atoms with van der Waals surface area (Å²) in [6.45, 7) is 3.05. The molecule has 0 atom stereocenters. The van der Waals surface area contributed by atoms with Gasteiger partial charge in [-0.1, -0.05) is 11.6 Å². The maximum Gasteiger partial charge on any atom is 0.431 e. The Hall–Kier alpha value is -2.71. The van der Waals surface area contributed by atoms with Crippen molar-refractivity contribution < 1.29 is 40.4 Å².